The lowest BCUT2D eigenvalue weighted by Gasteiger charge is -2.44. The van der Waals surface area contributed by atoms with Crippen LogP contribution in [0.3, 0.4) is 0 Å². The monoisotopic (exact) mass is 256 g/mol. The van der Waals surface area contributed by atoms with Crippen LogP contribution < -0.4 is 5.32 Å². The number of amides is 1. The van der Waals surface area contributed by atoms with Crippen LogP contribution in [0.1, 0.15) is 34.1 Å². The SMILES string of the molecule is CC(C)(C)OC(=O)N1CC2NCCC2C(C)(O)C1. The average Bonchev–Trinajstić information content (AvgIpc) is 2.62. The lowest BCUT2D eigenvalue weighted by molar-refractivity contribution is -0.0712. The zero-order chi connectivity index (χ0) is 13.6. The molecule has 0 bridgehead atoms. The second-order valence-corrected chi connectivity index (χ2v) is 6.67. The van der Waals surface area contributed by atoms with Gasteiger partial charge < -0.3 is 20.1 Å². The van der Waals surface area contributed by atoms with E-state index >= 15 is 0 Å². The van der Waals surface area contributed by atoms with E-state index in [-0.39, 0.29) is 18.1 Å². The Morgan fingerprint density at radius 3 is 2.78 bits per heavy atom. The molecule has 0 aromatic rings. The molecule has 2 aliphatic rings. The first-order chi connectivity index (χ1) is 8.19. The van der Waals surface area contributed by atoms with E-state index in [4.69, 9.17) is 4.74 Å². The molecule has 0 aromatic heterocycles. The molecule has 2 heterocycles. The van der Waals surface area contributed by atoms with Crippen LogP contribution in [-0.2, 0) is 4.74 Å². The third-order valence-electron chi connectivity index (χ3n) is 3.73. The number of nitrogens with zero attached hydrogens (tertiary/aromatic N) is 1. The van der Waals surface area contributed by atoms with Crippen LogP contribution in [0.25, 0.3) is 0 Å². The molecule has 3 unspecified atom stereocenters. The number of β-amino-alcohol motifs (C(OH)–C–C–N with tert-alkyl or cyclic N) is 1. The number of carbonyl (C=O) groups is 1. The first-order valence-electron chi connectivity index (χ1n) is 6.63. The molecule has 2 saturated heterocycles. The molecule has 5 nitrogen and oxygen atoms in total. The van der Waals surface area contributed by atoms with Crippen LogP contribution in [0, 0.1) is 5.92 Å². The first kappa shape index (κ1) is 13.6. The fourth-order valence-electron chi connectivity index (χ4n) is 2.98. The highest BCUT2D eigenvalue weighted by Crippen LogP contribution is 2.33. The minimum Gasteiger partial charge on any atom is -0.444 e. The summed E-state index contributed by atoms with van der Waals surface area (Å²) in [6, 6.07) is 0.182. The summed E-state index contributed by atoms with van der Waals surface area (Å²) in [5.41, 5.74) is -1.33. The molecule has 0 aliphatic carbocycles. The fraction of sp³-hybridized carbons (Fsp3) is 0.923. The maximum Gasteiger partial charge on any atom is 0.410 e. The molecule has 104 valence electrons. The highest BCUT2D eigenvalue weighted by atomic mass is 16.6. The molecule has 18 heavy (non-hydrogen) atoms. The predicted octanol–water partition coefficient (Wildman–Crippen LogP) is 0.966. The number of hydrogen-bond donors (Lipinski definition) is 2. The van der Waals surface area contributed by atoms with Gasteiger partial charge in [-0.2, -0.15) is 0 Å². The summed E-state index contributed by atoms with van der Waals surface area (Å²) in [6.07, 6.45) is 0.634. The van der Waals surface area contributed by atoms with Gasteiger partial charge in [0.15, 0.2) is 0 Å². The summed E-state index contributed by atoms with van der Waals surface area (Å²) in [5, 5.41) is 13.8. The van der Waals surface area contributed by atoms with Crippen LogP contribution in [0.4, 0.5) is 4.79 Å². The maximum absolute atomic E-state index is 12.1. The summed E-state index contributed by atoms with van der Waals surface area (Å²) in [6.45, 7) is 9.25. The Morgan fingerprint density at radius 1 is 1.50 bits per heavy atom. The van der Waals surface area contributed by atoms with Gasteiger partial charge in [-0.15, -0.1) is 0 Å². The van der Waals surface area contributed by atoms with E-state index in [1.807, 2.05) is 27.7 Å². The molecule has 5 heteroatoms. The molecular weight excluding hydrogens is 232 g/mol. The van der Waals surface area contributed by atoms with E-state index in [9.17, 15) is 9.90 Å². The predicted molar refractivity (Wildman–Crippen MR) is 68.3 cm³/mol. The summed E-state index contributed by atoms with van der Waals surface area (Å²) in [5.74, 6) is 0.233. The largest absolute Gasteiger partial charge is 0.444 e. The topological polar surface area (TPSA) is 61.8 Å². The van der Waals surface area contributed by atoms with Crippen LogP contribution in [-0.4, -0.2) is 53.0 Å². The van der Waals surface area contributed by atoms with Gasteiger partial charge in [0.25, 0.3) is 0 Å². The molecule has 2 aliphatic heterocycles. The number of piperidine rings is 1. The van der Waals surface area contributed by atoms with Crippen molar-refractivity contribution in [3.05, 3.63) is 0 Å². The first-order valence-corrected chi connectivity index (χ1v) is 6.63. The van der Waals surface area contributed by atoms with E-state index in [0.717, 1.165) is 13.0 Å². The van der Waals surface area contributed by atoms with Crippen molar-refractivity contribution >= 4 is 6.09 Å². The number of aliphatic hydroxyl groups is 1. The van der Waals surface area contributed by atoms with E-state index in [0.29, 0.717) is 13.1 Å². The molecule has 3 atom stereocenters. The summed E-state index contributed by atoms with van der Waals surface area (Å²) >= 11 is 0. The Hall–Kier alpha value is -0.810. The lowest BCUT2D eigenvalue weighted by atomic mass is 9.80. The molecule has 0 aromatic carbocycles. The van der Waals surface area contributed by atoms with Crippen molar-refractivity contribution in [2.75, 3.05) is 19.6 Å². The zero-order valence-corrected chi connectivity index (χ0v) is 11.7. The van der Waals surface area contributed by atoms with Crippen LogP contribution >= 0.6 is 0 Å². The average molecular weight is 256 g/mol. The van der Waals surface area contributed by atoms with Gasteiger partial charge in [0.2, 0.25) is 0 Å². The van der Waals surface area contributed by atoms with Crippen molar-refractivity contribution < 1.29 is 14.6 Å². The minimum absolute atomic E-state index is 0.182. The quantitative estimate of drug-likeness (QED) is 0.678. The van der Waals surface area contributed by atoms with Crippen LogP contribution in [0.2, 0.25) is 0 Å². The van der Waals surface area contributed by atoms with Gasteiger partial charge >= 0.3 is 6.09 Å². The van der Waals surface area contributed by atoms with Gasteiger partial charge in [0.05, 0.1) is 12.1 Å². The van der Waals surface area contributed by atoms with Gasteiger partial charge in [-0.3, -0.25) is 0 Å². The molecule has 0 radical (unpaired) electrons. The van der Waals surface area contributed by atoms with Crippen molar-refractivity contribution in [1.82, 2.24) is 10.2 Å². The van der Waals surface area contributed by atoms with Crippen molar-refractivity contribution in [2.24, 2.45) is 5.92 Å². The molecular formula is C13H24N2O3. The number of fused-ring (bicyclic) bond motifs is 1. The Morgan fingerprint density at radius 2 is 2.17 bits per heavy atom. The van der Waals surface area contributed by atoms with Gasteiger partial charge in [-0.25, -0.2) is 4.79 Å². The lowest BCUT2D eigenvalue weighted by Crippen LogP contribution is -2.61. The zero-order valence-electron chi connectivity index (χ0n) is 11.7. The molecule has 0 saturated carbocycles. The molecule has 2 N–H and O–H groups in total. The second-order valence-electron chi connectivity index (χ2n) is 6.67. The van der Waals surface area contributed by atoms with Crippen molar-refractivity contribution in [3.63, 3.8) is 0 Å². The number of carbonyl (C=O) groups excluding carboxylic acids is 1. The molecule has 2 fully saturated rings. The Balaban J connectivity index is 2.05. The number of likely N-dealkylation sites (tertiary alicyclic amines) is 1. The highest BCUT2D eigenvalue weighted by molar-refractivity contribution is 5.68. The van der Waals surface area contributed by atoms with E-state index < -0.39 is 11.2 Å². The smallest absolute Gasteiger partial charge is 0.410 e. The number of nitrogens with one attached hydrogen (secondary N) is 1. The minimum atomic E-state index is -0.830. The van der Waals surface area contributed by atoms with Gasteiger partial charge in [-0.05, 0) is 40.7 Å². The van der Waals surface area contributed by atoms with Crippen LogP contribution in [0.5, 0.6) is 0 Å². The Bertz CT molecular complexity index is 336. The fourth-order valence-corrected chi connectivity index (χ4v) is 2.98. The highest BCUT2D eigenvalue weighted by Gasteiger charge is 2.47. The summed E-state index contributed by atoms with van der Waals surface area (Å²) in [4.78, 5) is 13.7. The molecule has 2 rings (SSSR count). The van der Waals surface area contributed by atoms with E-state index in [1.54, 1.807) is 4.90 Å². The second kappa shape index (κ2) is 4.38. The van der Waals surface area contributed by atoms with Crippen LogP contribution in [0.15, 0.2) is 0 Å². The van der Waals surface area contributed by atoms with Crippen molar-refractivity contribution in [2.45, 2.75) is 51.4 Å². The molecule has 0 spiro atoms. The maximum atomic E-state index is 12.1. The third-order valence-corrected chi connectivity index (χ3v) is 3.73. The normalized spacial score (nSPS) is 36.4. The standard InChI is InChI=1S/C13H24N2O3/c1-12(2,3)18-11(16)15-7-10-9(5-6-14-10)13(4,17)8-15/h9-10,14,17H,5-8H2,1-4H3. The number of rotatable bonds is 0. The summed E-state index contributed by atoms with van der Waals surface area (Å²) in [7, 11) is 0. The Labute approximate surface area is 108 Å². The third kappa shape index (κ3) is 2.78. The van der Waals surface area contributed by atoms with Gasteiger partial charge in [0, 0.05) is 18.5 Å². The van der Waals surface area contributed by atoms with Gasteiger partial charge in [0.1, 0.15) is 5.60 Å². The number of hydrogen-bond acceptors (Lipinski definition) is 4. The number of ether oxygens (including phenoxy) is 1. The summed E-state index contributed by atoms with van der Waals surface area (Å²) < 4.78 is 5.37. The van der Waals surface area contributed by atoms with E-state index in [1.165, 1.54) is 0 Å². The van der Waals surface area contributed by atoms with Crippen molar-refractivity contribution in [3.8, 4) is 0 Å². The Kier molecular flexibility index (Phi) is 3.32. The van der Waals surface area contributed by atoms with Crippen molar-refractivity contribution in [1.29, 1.82) is 0 Å². The molecule has 1 amide bonds. The van der Waals surface area contributed by atoms with Gasteiger partial charge in [-0.1, -0.05) is 0 Å². The van der Waals surface area contributed by atoms with E-state index in [2.05, 4.69) is 5.32 Å².